The number of hydrogen-bond acceptors (Lipinski definition) is 1. The minimum Gasteiger partial charge on any atom is -0.312 e. The molecule has 1 atom stereocenters. The van der Waals surface area contributed by atoms with Crippen LogP contribution in [0.15, 0.2) is 36.9 Å². The lowest BCUT2D eigenvalue weighted by atomic mass is 10.1. The van der Waals surface area contributed by atoms with Gasteiger partial charge in [0.1, 0.15) is 0 Å². The first-order valence-electron chi connectivity index (χ1n) is 5.24. The molecule has 1 heterocycles. The predicted molar refractivity (Wildman–Crippen MR) is 65.0 cm³/mol. The van der Waals surface area contributed by atoms with E-state index in [0.717, 1.165) is 17.8 Å². The van der Waals surface area contributed by atoms with Crippen molar-refractivity contribution < 1.29 is 4.79 Å². The van der Waals surface area contributed by atoms with Crippen molar-refractivity contribution in [1.82, 2.24) is 0 Å². The van der Waals surface area contributed by atoms with Gasteiger partial charge in [-0.1, -0.05) is 12.0 Å². The fourth-order valence-electron chi connectivity index (χ4n) is 1.88. The summed E-state index contributed by atoms with van der Waals surface area (Å²) in [4.78, 5) is 13.5. The van der Waals surface area contributed by atoms with Crippen LogP contribution in [0.2, 0.25) is 0 Å². The molecule has 0 saturated carbocycles. The number of nitrogens with zero attached hydrogens (tertiary/aromatic N) is 1. The van der Waals surface area contributed by atoms with Crippen LogP contribution in [-0.2, 0) is 4.79 Å². The summed E-state index contributed by atoms with van der Waals surface area (Å²) >= 11 is 0. The van der Waals surface area contributed by atoms with Gasteiger partial charge >= 0.3 is 0 Å². The maximum absolute atomic E-state index is 11.7. The molecule has 16 heavy (non-hydrogen) atoms. The van der Waals surface area contributed by atoms with Crippen LogP contribution >= 0.6 is 0 Å². The second-order valence-electron chi connectivity index (χ2n) is 3.90. The van der Waals surface area contributed by atoms with E-state index in [-0.39, 0.29) is 11.8 Å². The molecule has 1 fully saturated rings. The maximum atomic E-state index is 11.7. The van der Waals surface area contributed by atoms with Crippen molar-refractivity contribution in [1.29, 1.82) is 0 Å². The van der Waals surface area contributed by atoms with Crippen LogP contribution in [0.4, 0.5) is 5.69 Å². The number of benzene rings is 1. The first-order valence-corrected chi connectivity index (χ1v) is 5.24. The van der Waals surface area contributed by atoms with Gasteiger partial charge in [-0.2, -0.15) is 0 Å². The first-order chi connectivity index (χ1) is 7.74. The Kier molecular flexibility index (Phi) is 2.78. The summed E-state index contributed by atoms with van der Waals surface area (Å²) in [5.41, 5.74) is 1.74. The molecule has 0 spiro atoms. The average Bonchev–Trinajstić information content (AvgIpc) is 2.71. The minimum atomic E-state index is 0.151. The van der Waals surface area contributed by atoms with Crippen LogP contribution in [-0.4, -0.2) is 12.5 Å². The molecule has 1 aromatic rings. The predicted octanol–water partition coefficient (Wildman–Crippen LogP) is 2.21. The summed E-state index contributed by atoms with van der Waals surface area (Å²) in [5.74, 6) is 2.97. The van der Waals surface area contributed by atoms with Crippen LogP contribution in [0, 0.1) is 18.3 Å². The molecule has 2 heteroatoms. The molecule has 1 aliphatic heterocycles. The minimum absolute atomic E-state index is 0.151. The van der Waals surface area contributed by atoms with Gasteiger partial charge in [0, 0.05) is 30.1 Å². The van der Waals surface area contributed by atoms with E-state index in [4.69, 9.17) is 6.42 Å². The molecule has 1 saturated heterocycles. The van der Waals surface area contributed by atoms with E-state index in [1.54, 1.807) is 4.90 Å². The Balaban J connectivity index is 2.22. The highest BCUT2D eigenvalue weighted by Gasteiger charge is 2.28. The lowest BCUT2D eigenvalue weighted by Crippen LogP contribution is -2.24. The third-order valence-corrected chi connectivity index (χ3v) is 2.83. The molecular formula is C14H13NO. The highest BCUT2D eigenvalue weighted by atomic mass is 16.2. The topological polar surface area (TPSA) is 20.3 Å². The Bertz CT molecular complexity index is 453. The van der Waals surface area contributed by atoms with Crippen LogP contribution in [0.1, 0.15) is 12.0 Å². The van der Waals surface area contributed by atoms with E-state index in [1.807, 2.05) is 30.3 Å². The average molecular weight is 211 g/mol. The van der Waals surface area contributed by atoms with E-state index >= 15 is 0 Å². The van der Waals surface area contributed by atoms with Gasteiger partial charge in [-0.05, 0) is 24.3 Å². The van der Waals surface area contributed by atoms with Crippen molar-refractivity contribution in [3.63, 3.8) is 0 Å². The number of rotatable bonds is 2. The second kappa shape index (κ2) is 4.24. The van der Waals surface area contributed by atoms with Crippen LogP contribution in [0.5, 0.6) is 0 Å². The van der Waals surface area contributed by atoms with Gasteiger partial charge < -0.3 is 4.90 Å². The van der Waals surface area contributed by atoms with Crippen LogP contribution < -0.4 is 4.90 Å². The summed E-state index contributed by atoms with van der Waals surface area (Å²) in [6.45, 7) is 4.45. The molecule has 0 aliphatic carbocycles. The van der Waals surface area contributed by atoms with Gasteiger partial charge in [0.25, 0.3) is 0 Å². The van der Waals surface area contributed by atoms with Gasteiger partial charge in [0.15, 0.2) is 0 Å². The Morgan fingerprint density at radius 3 is 2.62 bits per heavy atom. The van der Waals surface area contributed by atoms with E-state index in [9.17, 15) is 4.79 Å². The lowest BCUT2D eigenvalue weighted by Gasteiger charge is -2.16. The van der Waals surface area contributed by atoms with E-state index in [2.05, 4.69) is 12.5 Å². The highest BCUT2D eigenvalue weighted by Crippen LogP contribution is 2.25. The third-order valence-electron chi connectivity index (χ3n) is 2.83. The highest BCUT2D eigenvalue weighted by molar-refractivity contribution is 5.96. The summed E-state index contributed by atoms with van der Waals surface area (Å²) in [6.07, 6.45) is 7.68. The second-order valence-corrected chi connectivity index (χ2v) is 3.90. The van der Waals surface area contributed by atoms with Crippen LogP contribution in [0.3, 0.4) is 0 Å². The Hall–Kier alpha value is -2.01. The van der Waals surface area contributed by atoms with Gasteiger partial charge in [0.05, 0.1) is 0 Å². The third kappa shape index (κ3) is 1.85. The van der Waals surface area contributed by atoms with Crippen molar-refractivity contribution in [3.05, 3.63) is 42.5 Å². The fraction of sp³-hybridized carbons (Fsp3) is 0.214. The van der Waals surface area contributed by atoms with Gasteiger partial charge in [-0.15, -0.1) is 13.0 Å². The number of anilines is 1. The summed E-state index contributed by atoms with van der Waals surface area (Å²) in [5, 5.41) is 0. The zero-order chi connectivity index (χ0) is 11.5. The van der Waals surface area contributed by atoms with Crippen molar-refractivity contribution in [2.24, 2.45) is 5.92 Å². The molecule has 1 unspecified atom stereocenters. The molecule has 0 aromatic heterocycles. The van der Waals surface area contributed by atoms with Crippen molar-refractivity contribution >= 4 is 11.6 Å². The fourth-order valence-corrected chi connectivity index (χ4v) is 1.88. The number of terminal acetylenes is 1. The van der Waals surface area contributed by atoms with Crippen molar-refractivity contribution in [2.45, 2.75) is 6.42 Å². The summed E-state index contributed by atoms with van der Waals surface area (Å²) < 4.78 is 0. The molecular weight excluding hydrogens is 198 g/mol. The zero-order valence-corrected chi connectivity index (χ0v) is 9.02. The normalized spacial score (nSPS) is 19.6. The molecule has 1 aromatic carbocycles. The molecule has 0 N–H and O–H groups in total. The molecule has 1 aliphatic rings. The summed E-state index contributed by atoms with van der Waals surface area (Å²) in [6, 6.07) is 7.48. The smallest absolute Gasteiger partial charge is 0.227 e. The monoisotopic (exact) mass is 211 g/mol. The van der Waals surface area contributed by atoms with E-state index in [1.165, 1.54) is 0 Å². The van der Waals surface area contributed by atoms with E-state index in [0.29, 0.717) is 6.42 Å². The molecule has 80 valence electrons. The van der Waals surface area contributed by atoms with Crippen LogP contribution in [0.25, 0.3) is 0 Å². The van der Waals surface area contributed by atoms with Gasteiger partial charge in [0.2, 0.25) is 5.91 Å². The molecule has 0 radical (unpaired) electrons. The zero-order valence-electron chi connectivity index (χ0n) is 9.02. The molecule has 1 amide bonds. The Morgan fingerprint density at radius 2 is 2.12 bits per heavy atom. The molecule has 0 bridgehead atoms. The largest absolute Gasteiger partial charge is 0.312 e. The SMILES string of the molecule is C#Cc1ccc(N2CC(C=C)CC2=O)cc1. The van der Waals surface area contributed by atoms with Crippen molar-refractivity contribution in [2.75, 3.05) is 11.4 Å². The number of amides is 1. The first kappa shape index (κ1) is 10.5. The molecule has 2 rings (SSSR count). The maximum Gasteiger partial charge on any atom is 0.227 e. The Labute approximate surface area is 95.6 Å². The van der Waals surface area contributed by atoms with Crippen molar-refractivity contribution in [3.8, 4) is 12.3 Å². The lowest BCUT2D eigenvalue weighted by molar-refractivity contribution is -0.117. The standard InChI is InChI=1S/C14H13NO/c1-3-11-5-7-13(8-6-11)15-10-12(4-2)9-14(15)16/h1,4-8,12H,2,9-10H2. The summed E-state index contributed by atoms with van der Waals surface area (Å²) in [7, 11) is 0. The number of carbonyl (C=O) groups excluding carboxylic acids is 1. The number of carbonyl (C=O) groups is 1. The number of hydrogen-bond donors (Lipinski definition) is 0. The van der Waals surface area contributed by atoms with E-state index < -0.39 is 0 Å². The van der Waals surface area contributed by atoms with Gasteiger partial charge in [-0.25, -0.2) is 0 Å². The quantitative estimate of drug-likeness (QED) is 0.542. The van der Waals surface area contributed by atoms with Gasteiger partial charge in [-0.3, -0.25) is 4.79 Å². The molecule has 2 nitrogen and oxygen atoms in total. The Morgan fingerprint density at radius 1 is 1.44 bits per heavy atom.